The van der Waals surface area contributed by atoms with Gasteiger partial charge in [0.05, 0.1) is 10.0 Å². The summed E-state index contributed by atoms with van der Waals surface area (Å²) in [5.74, 6) is 0.0917. The number of alkyl halides is 1. The van der Waals surface area contributed by atoms with Gasteiger partial charge in [0.25, 0.3) is 0 Å². The summed E-state index contributed by atoms with van der Waals surface area (Å²) in [5, 5.41) is 6.03. The summed E-state index contributed by atoms with van der Waals surface area (Å²) in [4.78, 5) is 15.4. The number of amides is 1. The number of rotatable bonds is 3. The lowest BCUT2D eigenvalue weighted by Crippen LogP contribution is -2.12. The first-order valence-corrected chi connectivity index (χ1v) is 7.04. The Balaban J connectivity index is 2.23. The van der Waals surface area contributed by atoms with Crippen molar-refractivity contribution in [1.82, 2.24) is 4.98 Å². The number of thiazole rings is 1. The average Bonchev–Trinajstić information content (AvgIpc) is 2.81. The van der Waals surface area contributed by atoms with Crippen LogP contribution in [0.15, 0.2) is 23.6 Å². The van der Waals surface area contributed by atoms with Crippen molar-refractivity contribution in [3.63, 3.8) is 0 Å². The molecule has 2 aromatic rings. The normalized spacial score (nSPS) is 10.4. The Morgan fingerprint density at radius 2 is 2.11 bits per heavy atom. The molecule has 0 atom stereocenters. The van der Waals surface area contributed by atoms with Gasteiger partial charge in [0.15, 0.2) is 0 Å². The number of anilines is 1. The molecule has 0 saturated heterocycles. The number of nitrogens with one attached hydrogen (secondary N) is 1. The van der Waals surface area contributed by atoms with Crippen molar-refractivity contribution >= 4 is 57.9 Å². The highest BCUT2D eigenvalue weighted by atomic mass is 35.5. The van der Waals surface area contributed by atoms with Crippen LogP contribution in [0.4, 0.5) is 5.82 Å². The molecule has 0 aliphatic heterocycles. The van der Waals surface area contributed by atoms with E-state index < -0.39 is 0 Å². The van der Waals surface area contributed by atoms with E-state index >= 15 is 0 Å². The molecule has 1 N–H and O–H groups in total. The fourth-order valence-electron chi connectivity index (χ4n) is 1.27. The number of aromatic nitrogens is 1. The van der Waals surface area contributed by atoms with Crippen LogP contribution in [0.1, 0.15) is 0 Å². The van der Waals surface area contributed by atoms with Gasteiger partial charge in [-0.3, -0.25) is 4.79 Å². The van der Waals surface area contributed by atoms with E-state index in [9.17, 15) is 4.79 Å². The highest BCUT2D eigenvalue weighted by Gasteiger charge is 2.08. The molecule has 1 aromatic carbocycles. The predicted molar refractivity (Wildman–Crippen MR) is 76.9 cm³/mol. The number of carbonyl (C=O) groups is 1. The van der Waals surface area contributed by atoms with Gasteiger partial charge >= 0.3 is 0 Å². The van der Waals surface area contributed by atoms with E-state index in [1.54, 1.807) is 17.5 Å². The van der Waals surface area contributed by atoms with Gasteiger partial charge < -0.3 is 5.32 Å². The van der Waals surface area contributed by atoms with E-state index in [2.05, 4.69) is 10.3 Å². The Morgan fingerprint density at radius 3 is 2.78 bits per heavy atom. The molecule has 0 spiro atoms. The maximum Gasteiger partial charge on any atom is 0.240 e. The van der Waals surface area contributed by atoms with Crippen LogP contribution in [0.25, 0.3) is 10.6 Å². The topological polar surface area (TPSA) is 42.0 Å². The second-order valence-electron chi connectivity index (χ2n) is 3.35. The van der Waals surface area contributed by atoms with Crippen molar-refractivity contribution < 1.29 is 4.79 Å². The van der Waals surface area contributed by atoms with Crippen LogP contribution in [-0.2, 0) is 4.79 Å². The molecule has 0 unspecified atom stereocenters. The largest absolute Gasteiger partial charge is 0.309 e. The molecule has 2 rings (SSSR count). The monoisotopic (exact) mass is 320 g/mol. The molecule has 18 heavy (non-hydrogen) atoms. The average molecular weight is 322 g/mol. The molecule has 1 heterocycles. The van der Waals surface area contributed by atoms with E-state index in [-0.39, 0.29) is 11.8 Å². The zero-order valence-electron chi connectivity index (χ0n) is 8.91. The molecule has 7 heteroatoms. The molecular formula is C11H7Cl3N2OS. The van der Waals surface area contributed by atoms with Crippen molar-refractivity contribution in [2.75, 3.05) is 11.2 Å². The van der Waals surface area contributed by atoms with Crippen molar-refractivity contribution in [2.24, 2.45) is 0 Å². The zero-order valence-corrected chi connectivity index (χ0v) is 12.0. The fraction of sp³-hybridized carbons (Fsp3) is 0.0909. The Bertz CT molecular complexity index is 585. The maximum atomic E-state index is 11.1. The lowest BCUT2D eigenvalue weighted by atomic mass is 10.2. The number of benzene rings is 1. The Morgan fingerprint density at radius 1 is 1.33 bits per heavy atom. The Kier molecular flexibility index (Phi) is 4.45. The lowest BCUT2D eigenvalue weighted by molar-refractivity contribution is -0.113. The number of nitrogens with zero attached hydrogens (tertiary/aromatic N) is 1. The van der Waals surface area contributed by atoms with Gasteiger partial charge in [-0.2, -0.15) is 0 Å². The van der Waals surface area contributed by atoms with Crippen molar-refractivity contribution in [1.29, 1.82) is 0 Å². The van der Waals surface area contributed by atoms with Gasteiger partial charge in [-0.1, -0.05) is 29.3 Å². The third-order valence-electron chi connectivity index (χ3n) is 2.06. The molecule has 0 fully saturated rings. The molecule has 1 amide bonds. The summed E-state index contributed by atoms with van der Waals surface area (Å²) >= 11 is 18.6. The third-order valence-corrected chi connectivity index (χ3v) is 3.93. The van der Waals surface area contributed by atoms with Crippen molar-refractivity contribution in [3.8, 4) is 10.6 Å². The third kappa shape index (κ3) is 3.14. The van der Waals surface area contributed by atoms with Gasteiger partial charge in [0.1, 0.15) is 16.7 Å². The number of carbonyl (C=O) groups excluding carboxylic acids is 1. The highest BCUT2D eigenvalue weighted by Crippen LogP contribution is 2.31. The van der Waals surface area contributed by atoms with Gasteiger partial charge in [0.2, 0.25) is 5.91 Å². The first kappa shape index (κ1) is 13.6. The van der Waals surface area contributed by atoms with Crippen molar-refractivity contribution in [3.05, 3.63) is 33.6 Å². The maximum absolute atomic E-state index is 11.1. The van der Waals surface area contributed by atoms with E-state index in [0.29, 0.717) is 15.9 Å². The second-order valence-corrected chi connectivity index (χ2v) is 5.29. The number of hydrogen-bond acceptors (Lipinski definition) is 3. The number of halogens is 3. The summed E-state index contributed by atoms with van der Waals surface area (Å²) in [6.07, 6.45) is 0. The first-order chi connectivity index (χ1) is 8.60. The molecule has 3 nitrogen and oxygen atoms in total. The SMILES string of the molecule is O=C(CCl)Nc1csc(-c2ccc(Cl)c(Cl)c2)n1. The molecule has 94 valence electrons. The Labute approximate surface area is 123 Å². The van der Waals surface area contributed by atoms with Gasteiger partial charge in [0, 0.05) is 10.9 Å². The minimum absolute atomic E-state index is 0.0976. The van der Waals surface area contributed by atoms with Crippen LogP contribution in [0.5, 0.6) is 0 Å². The minimum atomic E-state index is -0.289. The molecule has 0 saturated carbocycles. The summed E-state index contributed by atoms with van der Waals surface area (Å²) in [6.45, 7) is 0. The van der Waals surface area contributed by atoms with Gasteiger partial charge in [-0.25, -0.2) is 4.98 Å². The van der Waals surface area contributed by atoms with Gasteiger partial charge in [-0.15, -0.1) is 22.9 Å². The minimum Gasteiger partial charge on any atom is -0.309 e. The molecular weight excluding hydrogens is 315 g/mol. The smallest absolute Gasteiger partial charge is 0.240 e. The van der Waals surface area contributed by atoms with Gasteiger partial charge in [-0.05, 0) is 12.1 Å². The van der Waals surface area contributed by atoms with E-state index in [1.165, 1.54) is 11.3 Å². The fourth-order valence-corrected chi connectivity index (χ4v) is 2.38. The van der Waals surface area contributed by atoms with Crippen LogP contribution in [0, 0.1) is 0 Å². The van der Waals surface area contributed by atoms with E-state index in [4.69, 9.17) is 34.8 Å². The predicted octanol–water partition coefficient (Wildman–Crippen LogP) is 4.29. The summed E-state index contributed by atoms with van der Waals surface area (Å²) in [5.41, 5.74) is 0.848. The second kappa shape index (κ2) is 5.89. The van der Waals surface area contributed by atoms with Crippen molar-refractivity contribution in [2.45, 2.75) is 0 Å². The quantitative estimate of drug-likeness (QED) is 0.857. The molecule has 1 aromatic heterocycles. The van der Waals surface area contributed by atoms with E-state index in [0.717, 1.165) is 10.6 Å². The van der Waals surface area contributed by atoms with Crippen LogP contribution in [0.3, 0.4) is 0 Å². The molecule has 0 aliphatic rings. The lowest BCUT2D eigenvalue weighted by Gasteiger charge is -1.99. The van der Waals surface area contributed by atoms with Crippen LogP contribution >= 0.6 is 46.1 Å². The summed E-state index contributed by atoms with van der Waals surface area (Å²) < 4.78 is 0. The molecule has 0 aliphatic carbocycles. The van der Waals surface area contributed by atoms with E-state index in [1.807, 2.05) is 6.07 Å². The van der Waals surface area contributed by atoms with Crippen LogP contribution in [-0.4, -0.2) is 16.8 Å². The standard InChI is InChI=1S/C11H7Cl3N2OS/c12-4-10(17)15-9-5-18-11(16-9)6-1-2-7(13)8(14)3-6/h1-3,5H,4H2,(H,15,17). The Hall–Kier alpha value is -0.810. The van der Waals surface area contributed by atoms with Crippen LogP contribution in [0.2, 0.25) is 10.0 Å². The molecule has 0 bridgehead atoms. The zero-order chi connectivity index (χ0) is 13.1. The first-order valence-electron chi connectivity index (χ1n) is 4.87. The van der Waals surface area contributed by atoms with Crippen LogP contribution < -0.4 is 5.32 Å². The summed E-state index contributed by atoms with van der Waals surface area (Å²) in [6, 6.07) is 5.26. The number of hydrogen-bond donors (Lipinski definition) is 1. The molecule has 0 radical (unpaired) electrons. The summed E-state index contributed by atoms with van der Waals surface area (Å²) in [7, 11) is 0. The highest BCUT2D eigenvalue weighted by molar-refractivity contribution is 7.13.